The van der Waals surface area contributed by atoms with E-state index in [1.165, 1.54) is 32.1 Å². The third kappa shape index (κ3) is 6.39. The van der Waals surface area contributed by atoms with Gasteiger partial charge in [-0.1, -0.05) is 40.0 Å². The highest BCUT2D eigenvalue weighted by Crippen LogP contribution is 2.26. The van der Waals surface area contributed by atoms with Crippen molar-refractivity contribution in [2.24, 2.45) is 11.8 Å². The van der Waals surface area contributed by atoms with Gasteiger partial charge in [0.1, 0.15) is 0 Å². The van der Waals surface area contributed by atoms with Crippen LogP contribution in [0.25, 0.3) is 0 Å². The van der Waals surface area contributed by atoms with Crippen molar-refractivity contribution in [1.29, 1.82) is 0 Å². The third-order valence-corrected chi connectivity index (χ3v) is 3.85. The number of hydrogen-bond donors (Lipinski definition) is 2. The molecule has 1 fully saturated rings. The molecule has 106 valence electrons. The first-order chi connectivity index (χ1) is 8.61. The minimum Gasteiger partial charge on any atom is -0.356 e. The van der Waals surface area contributed by atoms with Crippen molar-refractivity contribution < 1.29 is 4.79 Å². The van der Waals surface area contributed by atoms with Crippen LogP contribution in [0.4, 0.5) is 0 Å². The lowest BCUT2D eigenvalue weighted by molar-refractivity contribution is -0.121. The van der Waals surface area contributed by atoms with Crippen molar-refractivity contribution in [3.63, 3.8) is 0 Å². The highest BCUT2D eigenvalue weighted by molar-refractivity contribution is 5.76. The Morgan fingerprint density at radius 3 is 2.78 bits per heavy atom. The predicted octanol–water partition coefficient (Wildman–Crippen LogP) is 2.71. The highest BCUT2D eigenvalue weighted by Gasteiger charge is 2.20. The van der Waals surface area contributed by atoms with Crippen LogP contribution in [-0.4, -0.2) is 25.0 Å². The molecule has 0 radical (unpaired) electrons. The van der Waals surface area contributed by atoms with Crippen LogP contribution in [0, 0.1) is 11.8 Å². The third-order valence-electron chi connectivity index (χ3n) is 3.85. The van der Waals surface area contributed by atoms with Crippen molar-refractivity contribution in [2.75, 3.05) is 13.1 Å². The molecule has 3 nitrogen and oxygen atoms in total. The summed E-state index contributed by atoms with van der Waals surface area (Å²) in [5.74, 6) is 1.61. The van der Waals surface area contributed by atoms with Crippen LogP contribution in [0.3, 0.4) is 0 Å². The fourth-order valence-corrected chi connectivity index (χ4v) is 2.64. The Bertz CT molecular complexity index is 241. The molecular weight excluding hydrogens is 224 g/mol. The Balaban J connectivity index is 2.08. The molecule has 0 saturated heterocycles. The molecule has 18 heavy (non-hydrogen) atoms. The number of carbonyl (C=O) groups excluding carboxylic acids is 1. The standard InChI is InChI=1S/C15H30N2O/c1-4-13-6-5-7-14(10-13)16-9-8-15(18)17-11-12(2)3/h12-14,16H,4-11H2,1-3H3,(H,17,18). The zero-order chi connectivity index (χ0) is 13.4. The van der Waals surface area contributed by atoms with Gasteiger partial charge in [-0.05, 0) is 24.7 Å². The number of hydrogen-bond acceptors (Lipinski definition) is 2. The van der Waals surface area contributed by atoms with Crippen molar-refractivity contribution in [3.05, 3.63) is 0 Å². The van der Waals surface area contributed by atoms with E-state index in [1.807, 2.05) is 0 Å². The van der Waals surface area contributed by atoms with Gasteiger partial charge >= 0.3 is 0 Å². The Morgan fingerprint density at radius 2 is 2.11 bits per heavy atom. The molecule has 2 unspecified atom stereocenters. The molecule has 3 heteroatoms. The summed E-state index contributed by atoms with van der Waals surface area (Å²) in [7, 11) is 0. The Kier molecular flexibility index (Phi) is 7.33. The zero-order valence-electron chi connectivity index (χ0n) is 12.3. The zero-order valence-corrected chi connectivity index (χ0v) is 12.3. The molecule has 2 atom stereocenters. The van der Waals surface area contributed by atoms with Gasteiger partial charge in [0.15, 0.2) is 0 Å². The second-order valence-electron chi connectivity index (χ2n) is 6.04. The van der Waals surface area contributed by atoms with E-state index < -0.39 is 0 Å². The molecule has 0 bridgehead atoms. The fourth-order valence-electron chi connectivity index (χ4n) is 2.64. The topological polar surface area (TPSA) is 41.1 Å². The molecule has 1 saturated carbocycles. The normalized spacial score (nSPS) is 24.2. The van der Waals surface area contributed by atoms with Gasteiger partial charge in [-0.3, -0.25) is 4.79 Å². The second-order valence-corrected chi connectivity index (χ2v) is 6.04. The smallest absolute Gasteiger partial charge is 0.221 e. The summed E-state index contributed by atoms with van der Waals surface area (Å²) >= 11 is 0. The van der Waals surface area contributed by atoms with Crippen molar-refractivity contribution in [2.45, 2.75) is 65.3 Å². The Labute approximate surface area is 112 Å². The van der Waals surface area contributed by atoms with E-state index in [-0.39, 0.29) is 5.91 Å². The minimum atomic E-state index is 0.180. The van der Waals surface area contributed by atoms with Crippen LogP contribution in [-0.2, 0) is 4.79 Å². The maximum atomic E-state index is 11.6. The molecule has 0 aromatic heterocycles. The average Bonchev–Trinajstić information content (AvgIpc) is 2.36. The lowest BCUT2D eigenvalue weighted by Crippen LogP contribution is -2.37. The average molecular weight is 254 g/mol. The maximum Gasteiger partial charge on any atom is 0.221 e. The molecule has 0 spiro atoms. The van der Waals surface area contributed by atoms with E-state index in [9.17, 15) is 4.79 Å². The van der Waals surface area contributed by atoms with E-state index in [2.05, 4.69) is 31.4 Å². The summed E-state index contributed by atoms with van der Waals surface area (Å²) in [6.45, 7) is 8.13. The maximum absolute atomic E-state index is 11.6. The van der Waals surface area contributed by atoms with Crippen LogP contribution in [0.2, 0.25) is 0 Å². The van der Waals surface area contributed by atoms with Crippen molar-refractivity contribution >= 4 is 5.91 Å². The molecule has 2 N–H and O–H groups in total. The van der Waals surface area contributed by atoms with Crippen molar-refractivity contribution in [1.82, 2.24) is 10.6 Å². The monoisotopic (exact) mass is 254 g/mol. The largest absolute Gasteiger partial charge is 0.356 e. The SMILES string of the molecule is CCC1CCCC(NCCC(=O)NCC(C)C)C1. The van der Waals surface area contributed by atoms with Gasteiger partial charge in [0.05, 0.1) is 0 Å². The molecule has 0 heterocycles. The van der Waals surface area contributed by atoms with Crippen LogP contribution in [0.1, 0.15) is 59.3 Å². The van der Waals surface area contributed by atoms with Gasteiger partial charge in [0, 0.05) is 25.6 Å². The van der Waals surface area contributed by atoms with E-state index in [4.69, 9.17) is 0 Å². The number of rotatable bonds is 7. The Hall–Kier alpha value is -0.570. The van der Waals surface area contributed by atoms with Gasteiger partial charge in [0.2, 0.25) is 5.91 Å². The lowest BCUT2D eigenvalue weighted by atomic mass is 9.84. The molecular formula is C15H30N2O. The van der Waals surface area contributed by atoms with E-state index in [0.29, 0.717) is 18.4 Å². The molecule has 1 aliphatic carbocycles. The fraction of sp³-hybridized carbons (Fsp3) is 0.933. The van der Waals surface area contributed by atoms with E-state index in [0.717, 1.165) is 19.0 Å². The first-order valence-electron chi connectivity index (χ1n) is 7.61. The lowest BCUT2D eigenvalue weighted by Gasteiger charge is -2.29. The van der Waals surface area contributed by atoms with Crippen LogP contribution < -0.4 is 10.6 Å². The van der Waals surface area contributed by atoms with E-state index in [1.54, 1.807) is 0 Å². The van der Waals surface area contributed by atoms with Gasteiger partial charge in [0.25, 0.3) is 0 Å². The van der Waals surface area contributed by atoms with Gasteiger partial charge < -0.3 is 10.6 Å². The molecule has 0 aromatic rings. The molecule has 0 aromatic carbocycles. The van der Waals surface area contributed by atoms with E-state index >= 15 is 0 Å². The van der Waals surface area contributed by atoms with Crippen molar-refractivity contribution in [3.8, 4) is 0 Å². The molecule has 1 amide bonds. The summed E-state index contributed by atoms with van der Waals surface area (Å²) in [5, 5.41) is 6.50. The number of nitrogens with one attached hydrogen (secondary N) is 2. The summed E-state index contributed by atoms with van der Waals surface area (Å²) in [5.41, 5.74) is 0. The molecule has 0 aliphatic heterocycles. The number of amides is 1. The molecule has 1 aliphatic rings. The molecule has 1 rings (SSSR count). The Morgan fingerprint density at radius 1 is 1.33 bits per heavy atom. The first kappa shape index (κ1) is 15.5. The first-order valence-corrected chi connectivity index (χ1v) is 7.61. The highest BCUT2D eigenvalue weighted by atomic mass is 16.1. The second kappa shape index (κ2) is 8.52. The minimum absolute atomic E-state index is 0.180. The summed E-state index contributed by atoms with van der Waals surface area (Å²) in [6.07, 6.45) is 7.22. The predicted molar refractivity (Wildman–Crippen MR) is 76.5 cm³/mol. The quantitative estimate of drug-likeness (QED) is 0.733. The summed E-state index contributed by atoms with van der Waals surface area (Å²) < 4.78 is 0. The number of carbonyl (C=O) groups is 1. The van der Waals surface area contributed by atoms with Gasteiger partial charge in [-0.15, -0.1) is 0 Å². The summed E-state index contributed by atoms with van der Waals surface area (Å²) in [6, 6.07) is 0.640. The van der Waals surface area contributed by atoms with Crippen LogP contribution >= 0.6 is 0 Å². The van der Waals surface area contributed by atoms with Crippen LogP contribution in [0.15, 0.2) is 0 Å². The summed E-state index contributed by atoms with van der Waals surface area (Å²) in [4.78, 5) is 11.6. The van der Waals surface area contributed by atoms with Crippen LogP contribution in [0.5, 0.6) is 0 Å². The van der Waals surface area contributed by atoms with Gasteiger partial charge in [-0.2, -0.15) is 0 Å². The van der Waals surface area contributed by atoms with Gasteiger partial charge in [-0.25, -0.2) is 0 Å².